The second kappa shape index (κ2) is 4.46. The van der Waals surface area contributed by atoms with Crippen molar-refractivity contribution in [2.24, 2.45) is 0 Å². The predicted molar refractivity (Wildman–Crippen MR) is 75.1 cm³/mol. The van der Waals surface area contributed by atoms with Crippen molar-refractivity contribution in [2.45, 2.75) is 20.4 Å². The van der Waals surface area contributed by atoms with Crippen LogP contribution < -0.4 is 5.32 Å². The third-order valence-electron chi connectivity index (χ3n) is 2.97. The van der Waals surface area contributed by atoms with Crippen molar-refractivity contribution in [3.05, 3.63) is 47.0 Å². The van der Waals surface area contributed by atoms with Crippen LogP contribution in [0.2, 0.25) is 0 Å². The second-order valence-electron chi connectivity index (χ2n) is 4.28. The average molecular weight is 258 g/mol. The van der Waals surface area contributed by atoms with Gasteiger partial charge in [-0.1, -0.05) is 0 Å². The Morgan fingerprint density at radius 2 is 2.17 bits per heavy atom. The number of hydrogen-bond acceptors (Lipinski definition) is 4. The van der Waals surface area contributed by atoms with Gasteiger partial charge in [-0.05, 0) is 48.9 Å². The maximum atomic E-state index is 5.54. The number of nitrogens with zero attached hydrogens (tertiary/aromatic N) is 1. The molecule has 3 rings (SSSR count). The maximum absolute atomic E-state index is 5.54. The molecule has 0 saturated heterocycles. The number of fused-ring (bicyclic) bond motifs is 1. The van der Waals surface area contributed by atoms with Crippen LogP contribution in [0.25, 0.3) is 10.1 Å². The van der Waals surface area contributed by atoms with Gasteiger partial charge in [-0.3, -0.25) is 0 Å². The minimum atomic E-state index is 0.615. The van der Waals surface area contributed by atoms with Crippen molar-refractivity contribution in [1.29, 1.82) is 0 Å². The molecule has 3 aromatic rings. The number of hydrogen-bond donors (Lipinski definition) is 1. The summed E-state index contributed by atoms with van der Waals surface area (Å²) in [4.78, 5) is 4.35. The Labute approximate surface area is 109 Å². The lowest BCUT2D eigenvalue weighted by molar-refractivity contribution is 0.478. The molecule has 4 heteroatoms. The van der Waals surface area contributed by atoms with E-state index in [9.17, 15) is 0 Å². The van der Waals surface area contributed by atoms with Gasteiger partial charge < -0.3 is 9.73 Å². The third kappa shape index (κ3) is 2.11. The SMILES string of the molecule is Cc1nc(CNc2ccc3sccc3c2)oc1C. The summed E-state index contributed by atoms with van der Waals surface area (Å²) in [6.07, 6.45) is 0. The van der Waals surface area contributed by atoms with Crippen molar-refractivity contribution >= 4 is 27.1 Å². The lowest BCUT2D eigenvalue weighted by atomic mass is 10.2. The molecule has 0 spiro atoms. The standard InChI is InChI=1S/C14H14N2OS/c1-9-10(2)17-14(16-9)8-15-12-3-4-13-11(7-12)5-6-18-13/h3-7,15H,8H2,1-2H3. The minimum absolute atomic E-state index is 0.615. The number of oxazole rings is 1. The van der Waals surface area contributed by atoms with E-state index in [4.69, 9.17) is 4.42 Å². The summed E-state index contributed by atoms with van der Waals surface area (Å²) in [6, 6.07) is 8.50. The number of anilines is 1. The van der Waals surface area contributed by atoms with Crippen molar-refractivity contribution in [3.8, 4) is 0 Å². The molecule has 1 N–H and O–H groups in total. The van der Waals surface area contributed by atoms with Crippen LogP contribution in [0.15, 0.2) is 34.1 Å². The molecule has 0 amide bonds. The Balaban J connectivity index is 1.76. The van der Waals surface area contributed by atoms with E-state index in [0.717, 1.165) is 23.0 Å². The molecule has 0 bridgehead atoms. The number of aromatic nitrogens is 1. The zero-order valence-corrected chi connectivity index (χ0v) is 11.2. The minimum Gasteiger partial charge on any atom is -0.444 e. The smallest absolute Gasteiger partial charge is 0.213 e. The van der Waals surface area contributed by atoms with Crippen LogP contribution in [-0.2, 0) is 6.54 Å². The molecule has 0 unspecified atom stereocenters. The van der Waals surface area contributed by atoms with Crippen molar-refractivity contribution in [1.82, 2.24) is 4.98 Å². The third-order valence-corrected chi connectivity index (χ3v) is 3.87. The summed E-state index contributed by atoms with van der Waals surface area (Å²) in [5.41, 5.74) is 2.05. The number of rotatable bonds is 3. The molecular formula is C14H14N2OS. The summed E-state index contributed by atoms with van der Waals surface area (Å²) < 4.78 is 6.85. The van der Waals surface area contributed by atoms with Gasteiger partial charge in [0.05, 0.1) is 12.2 Å². The number of thiophene rings is 1. The fourth-order valence-corrected chi connectivity index (χ4v) is 2.64. The fourth-order valence-electron chi connectivity index (χ4n) is 1.87. The van der Waals surface area contributed by atoms with E-state index < -0.39 is 0 Å². The summed E-state index contributed by atoms with van der Waals surface area (Å²) in [5, 5.41) is 6.71. The molecule has 0 radical (unpaired) electrons. The molecule has 0 aliphatic heterocycles. The molecule has 0 aliphatic carbocycles. The van der Waals surface area contributed by atoms with Crippen LogP contribution in [0.3, 0.4) is 0 Å². The van der Waals surface area contributed by atoms with Gasteiger partial charge in [0.25, 0.3) is 0 Å². The Kier molecular flexibility index (Phi) is 2.80. The van der Waals surface area contributed by atoms with E-state index in [1.54, 1.807) is 11.3 Å². The molecule has 18 heavy (non-hydrogen) atoms. The highest BCUT2D eigenvalue weighted by molar-refractivity contribution is 7.17. The summed E-state index contributed by atoms with van der Waals surface area (Å²) in [7, 11) is 0. The highest BCUT2D eigenvalue weighted by atomic mass is 32.1. The maximum Gasteiger partial charge on any atom is 0.213 e. The van der Waals surface area contributed by atoms with Gasteiger partial charge in [-0.15, -0.1) is 11.3 Å². The van der Waals surface area contributed by atoms with Crippen LogP contribution in [0.5, 0.6) is 0 Å². The molecule has 92 valence electrons. The van der Waals surface area contributed by atoms with Gasteiger partial charge in [0.2, 0.25) is 5.89 Å². The fraction of sp³-hybridized carbons (Fsp3) is 0.214. The van der Waals surface area contributed by atoms with E-state index in [2.05, 4.69) is 39.9 Å². The van der Waals surface area contributed by atoms with Crippen LogP contribution in [-0.4, -0.2) is 4.98 Å². The molecule has 0 atom stereocenters. The van der Waals surface area contributed by atoms with Gasteiger partial charge in [0, 0.05) is 10.4 Å². The molecular weight excluding hydrogens is 244 g/mol. The zero-order valence-electron chi connectivity index (χ0n) is 10.4. The van der Waals surface area contributed by atoms with E-state index in [1.807, 2.05) is 13.8 Å². The van der Waals surface area contributed by atoms with Gasteiger partial charge in [0.1, 0.15) is 5.76 Å². The first-order chi connectivity index (χ1) is 8.72. The largest absolute Gasteiger partial charge is 0.444 e. The van der Waals surface area contributed by atoms with E-state index in [1.165, 1.54) is 10.1 Å². The first-order valence-electron chi connectivity index (χ1n) is 5.86. The number of benzene rings is 1. The first kappa shape index (κ1) is 11.3. The van der Waals surface area contributed by atoms with Crippen molar-refractivity contribution in [3.63, 3.8) is 0 Å². The quantitative estimate of drug-likeness (QED) is 0.768. The van der Waals surface area contributed by atoms with Gasteiger partial charge in [-0.25, -0.2) is 4.98 Å². The number of aryl methyl sites for hydroxylation is 2. The van der Waals surface area contributed by atoms with Crippen LogP contribution in [0.1, 0.15) is 17.3 Å². The molecule has 1 aromatic carbocycles. The molecule has 0 saturated carbocycles. The van der Waals surface area contributed by atoms with E-state index in [0.29, 0.717) is 6.54 Å². The van der Waals surface area contributed by atoms with Gasteiger partial charge >= 0.3 is 0 Å². The normalized spacial score (nSPS) is 11.0. The highest BCUT2D eigenvalue weighted by Crippen LogP contribution is 2.24. The van der Waals surface area contributed by atoms with Crippen molar-refractivity contribution < 1.29 is 4.42 Å². The Hall–Kier alpha value is -1.81. The molecule has 0 fully saturated rings. The lowest BCUT2D eigenvalue weighted by Crippen LogP contribution is -1.99. The zero-order chi connectivity index (χ0) is 12.5. The molecule has 2 aromatic heterocycles. The Morgan fingerprint density at radius 3 is 2.94 bits per heavy atom. The van der Waals surface area contributed by atoms with Crippen molar-refractivity contribution in [2.75, 3.05) is 5.32 Å². The first-order valence-corrected chi connectivity index (χ1v) is 6.74. The lowest BCUT2D eigenvalue weighted by Gasteiger charge is -2.03. The highest BCUT2D eigenvalue weighted by Gasteiger charge is 2.05. The average Bonchev–Trinajstić information content (AvgIpc) is 2.94. The van der Waals surface area contributed by atoms with Gasteiger partial charge in [-0.2, -0.15) is 0 Å². The monoisotopic (exact) mass is 258 g/mol. The summed E-state index contributed by atoms with van der Waals surface area (Å²) >= 11 is 1.76. The molecule has 0 aliphatic rings. The number of nitrogens with one attached hydrogen (secondary N) is 1. The summed E-state index contributed by atoms with van der Waals surface area (Å²) in [6.45, 7) is 4.51. The topological polar surface area (TPSA) is 38.1 Å². The van der Waals surface area contributed by atoms with E-state index >= 15 is 0 Å². The van der Waals surface area contributed by atoms with E-state index in [-0.39, 0.29) is 0 Å². The van der Waals surface area contributed by atoms with Crippen LogP contribution in [0, 0.1) is 13.8 Å². The van der Waals surface area contributed by atoms with Crippen LogP contribution in [0.4, 0.5) is 5.69 Å². The Morgan fingerprint density at radius 1 is 1.28 bits per heavy atom. The van der Waals surface area contributed by atoms with Gasteiger partial charge in [0.15, 0.2) is 0 Å². The molecule has 3 nitrogen and oxygen atoms in total. The summed E-state index contributed by atoms with van der Waals surface area (Å²) in [5.74, 6) is 1.62. The Bertz CT molecular complexity index is 664. The second-order valence-corrected chi connectivity index (χ2v) is 5.22. The predicted octanol–water partition coefficient (Wildman–Crippen LogP) is 4.12. The van der Waals surface area contributed by atoms with Crippen LogP contribution >= 0.6 is 11.3 Å². The molecule has 2 heterocycles.